The summed E-state index contributed by atoms with van der Waals surface area (Å²) in [6.07, 6.45) is 0. The van der Waals surface area contributed by atoms with E-state index >= 15 is 0 Å². The first-order valence-corrected chi connectivity index (χ1v) is 9.90. The van der Waals surface area contributed by atoms with E-state index < -0.39 is 10.0 Å². The molecule has 26 heavy (non-hydrogen) atoms. The average molecular weight is 408 g/mol. The first kappa shape index (κ1) is 18.6. The van der Waals surface area contributed by atoms with E-state index in [4.69, 9.17) is 27.9 Å². The molecule has 0 fully saturated rings. The topological polar surface area (TPSA) is 55.4 Å². The fourth-order valence-electron chi connectivity index (χ4n) is 2.19. The molecule has 0 heterocycles. The van der Waals surface area contributed by atoms with Gasteiger partial charge in [-0.3, -0.25) is 4.72 Å². The Kier molecular flexibility index (Phi) is 5.41. The van der Waals surface area contributed by atoms with E-state index in [1.807, 2.05) is 31.2 Å². The smallest absolute Gasteiger partial charge is 0.261 e. The van der Waals surface area contributed by atoms with Crippen LogP contribution in [0.15, 0.2) is 71.6 Å². The van der Waals surface area contributed by atoms with Crippen LogP contribution >= 0.6 is 23.2 Å². The summed E-state index contributed by atoms with van der Waals surface area (Å²) in [5.41, 5.74) is 1.55. The van der Waals surface area contributed by atoms with Crippen LogP contribution in [-0.4, -0.2) is 8.42 Å². The molecule has 134 valence electrons. The highest BCUT2D eigenvalue weighted by atomic mass is 35.5. The molecule has 0 spiro atoms. The van der Waals surface area contributed by atoms with Crippen LogP contribution in [0.3, 0.4) is 0 Å². The van der Waals surface area contributed by atoms with Crippen LogP contribution in [0, 0.1) is 6.92 Å². The van der Waals surface area contributed by atoms with E-state index in [0.717, 1.165) is 5.56 Å². The van der Waals surface area contributed by atoms with Crippen molar-refractivity contribution in [3.05, 3.63) is 82.3 Å². The van der Waals surface area contributed by atoms with Gasteiger partial charge in [0.2, 0.25) is 0 Å². The summed E-state index contributed by atoms with van der Waals surface area (Å²) in [6, 6.07) is 18.4. The number of anilines is 1. The van der Waals surface area contributed by atoms with E-state index in [1.54, 1.807) is 24.3 Å². The number of hydrogen-bond acceptors (Lipinski definition) is 3. The molecule has 0 unspecified atom stereocenters. The average Bonchev–Trinajstić information content (AvgIpc) is 2.61. The number of hydrogen-bond donors (Lipinski definition) is 1. The van der Waals surface area contributed by atoms with Gasteiger partial charge in [-0.25, -0.2) is 8.42 Å². The third-order valence-electron chi connectivity index (χ3n) is 3.56. The lowest BCUT2D eigenvalue weighted by molar-refractivity contribution is 0.482. The van der Waals surface area contributed by atoms with Crippen molar-refractivity contribution >= 4 is 38.9 Å². The van der Waals surface area contributed by atoms with Gasteiger partial charge in [0.05, 0.1) is 14.9 Å². The summed E-state index contributed by atoms with van der Waals surface area (Å²) >= 11 is 11.7. The molecule has 0 aromatic heterocycles. The molecule has 0 aliphatic heterocycles. The number of rotatable bonds is 5. The number of halogens is 2. The maximum atomic E-state index is 12.4. The largest absolute Gasteiger partial charge is 0.457 e. The Morgan fingerprint density at radius 2 is 1.38 bits per heavy atom. The zero-order valence-electron chi connectivity index (χ0n) is 13.7. The third kappa shape index (κ3) is 4.49. The lowest BCUT2D eigenvalue weighted by Crippen LogP contribution is -2.12. The Labute approximate surface area is 162 Å². The van der Waals surface area contributed by atoms with Gasteiger partial charge >= 0.3 is 0 Å². The molecular formula is C19H15Cl2NO3S. The van der Waals surface area contributed by atoms with Gasteiger partial charge in [-0.2, -0.15) is 0 Å². The third-order valence-corrected chi connectivity index (χ3v) is 5.68. The van der Waals surface area contributed by atoms with Crippen molar-refractivity contribution in [3.63, 3.8) is 0 Å². The zero-order chi connectivity index (χ0) is 18.7. The second kappa shape index (κ2) is 7.58. The molecule has 3 rings (SSSR count). The van der Waals surface area contributed by atoms with Crippen LogP contribution in [0.4, 0.5) is 5.69 Å². The SMILES string of the molecule is Cc1ccc(Oc2ccc(NS(=O)(=O)c3ccc(Cl)c(Cl)c3)cc2)cc1. The summed E-state index contributed by atoms with van der Waals surface area (Å²) in [7, 11) is -3.76. The molecule has 1 N–H and O–H groups in total. The van der Waals surface area contributed by atoms with Crippen LogP contribution in [-0.2, 0) is 10.0 Å². The minimum absolute atomic E-state index is 0.0341. The molecule has 0 bridgehead atoms. The minimum atomic E-state index is -3.76. The number of ether oxygens (including phenoxy) is 1. The Hall–Kier alpha value is -2.21. The maximum absolute atomic E-state index is 12.4. The quantitative estimate of drug-likeness (QED) is 0.572. The molecule has 0 saturated carbocycles. The molecule has 7 heteroatoms. The first-order chi connectivity index (χ1) is 12.3. The Balaban J connectivity index is 1.73. The Morgan fingerprint density at radius 1 is 0.808 bits per heavy atom. The van der Waals surface area contributed by atoms with E-state index in [0.29, 0.717) is 22.2 Å². The minimum Gasteiger partial charge on any atom is -0.457 e. The monoisotopic (exact) mass is 407 g/mol. The number of benzene rings is 3. The zero-order valence-corrected chi connectivity index (χ0v) is 16.1. The van der Waals surface area contributed by atoms with Crippen LogP contribution in [0.2, 0.25) is 10.0 Å². The summed E-state index contributed by atoms with van der Waals surface area (Å²) in [5.74, 6) is 1.31. The van der Waals surface area contributed by atoms with Crippen LogP contribution in [0.25, 0.3) is 0 Å². The van der Waals surface area contributed by atoms with Crippen molar-refractivity contribution in [1.82, 2.24) is 0 Å². The van der Waals surface area contributed by atoms with Crippen LogP contribution < -0.4 is 9.46 Å². The molecule has 4 nitrogen and oxygen atoms in total. The summed E-state index contributed by atoms with van der Waals surface area (Å²) in [4.78, 5) is 0.0341. The molecule has 3 aromatic carbocycles. The molecule has 0 amide bonds. The highest BCUT2D eigenvalue weighted by Gasteiger charge is 2.15. The van der Waals surface area contributed by atoms with Crippen molar-refractivity contribution in [2.24, 2.45) is 0 Å². The van der Waals surface area contributed by atoms with Crippen LogP contribution in [0.5, 0.6) is 11.5 Å². The fourth-order valence-corrected chi connectivity index (χ4v) is 3.64. The summed E-state index contributed by atoms with van der Waals surface area (Å²) in [6.45, 7) is 2.00. The lowest BCUT2D eigenvalue weighted by atomic mass is 10.2. The van der Waals surface area contributed by atoms with Crippen molar-refractivity contribution < 1.29 is 13.2 Å². The predicted octanol–water partition coefficient (Wildman–Crippen LogP) is 5.89. The lowest BCUT2D eigenvalue weighted by Gasteiger charge is -2.10. The van der Waals surface area contributed by atoms with Gasteiger partial charge in [0, 0.05) is 5.69 Å². The van der Waals surface area contributed by atoms with E-state index in [2.05, 4.69) is 4.72 Å². The Bertz CT molecular complexity index is 1020. The van der Waals surface area contributed by atoms with E-state index in [1.165, 1.54) is 18.2 Å². The maximum Gasteiger partial charge on any atom is 0.261 e. The van der Waals surface area contributed by atoms with Gasteiger partial charge in [0.25, 0.3) is 10.0 Å². The molecule has 0 radical (unpaired) electrons. The predicted molar refractivity (Wildman–Crippen MR) is 105 cm³/mol. The summed E-state index contributed by atoms with van der Waals surface area (Å²) < 4.78 is 33.1. The number of nitrogens with one attached hydrogen (secondary N) is 1. The van der Waals surface area contributed by atoms with E-state index in [9.17, 15) is 8.42 Å². The van der Waals surface area contributed by atoms with E-state index in [-0.39, 0.29) is 9.92 Å². The highest BCUT2D eigenvalue weighted by Crippen LogP contribution is 2.27. The molecule has 0 atom stereocenters. The van der Waals surface area contributed by atoms with Gasteiger partial charge in [-0.15, -0.1) is 0 Å². The summed E-state index contributed by atoms with van der Waals surface area (Å²) in [5, 5.41) is 0.472. The molecular weight excluding hydrogens is 393 g/mol. The Morgan fingerprint density at radius 3 is 1.96 bits per heavy atom. The standard InChI is InChI=1S/C19H15Cl2NO3S/c1-13-2-6-15(7-3-13)25-16-8-4-14(5-9-16)22-26(23,24)17-10-11-18(20)19(21)12-17/h2-12,22H,1H3. The normalized spacial score (nSPS) is 11.2. The van der Waals surface area contributed by atoms with Gasteiger partial charge in [0.1, 0.15) is 11.5 Å². The van der Waals surface area contributed by atoms with Crippen molar-refractivity contribution in [2.75, 3.05) is 4.72 Å². The molecule has 0 aliphatic carbocycles. The number of aryl methyl sites for hydroxylation is 1. The van der Waals surface area contributed by atoms with Gasteiger partial charge in [-0.1, -0.05) is 40.9 Å². The molecule has 0 saturated heterocycles. The van der Waals surface area contributed by atoms with Gasteiger partial charge in [0.15, 0.2) is 0 Å². The van der Waals surface area contributed by atoms with Crippen molar-refractivity contribution in [1.29, 1.82) is 0 Å². The molecule has 0 aliphatic rings. The molecule has 3 aromatic rings. The fraction of sp³-hybridized carbons (Fsp3) is 0.0526. The first-order valence-electron chi connectivity index (χ1n) is 7.66. The number of sulfonamides is 1. The van der Waals surface area contributed by atoms with Crippen molar-refractivity contribution in [3.8, 4) is 11.5 Å². The second-order valence-electron chi connectivity index (χ2n) is 5.62. The van der Waals surface area contributed by atoms with Gasteiger partial charge < -0.3 is 4.74 Å². The second-order valence-corrected chi connectivity index (χ2v) is 8.12. The highest BCUT2D eigenvalue weighted by molar-refractivity contribution is 7.92. The van der Waals surface area contributed by atoms with Crippen LogP contribution in [0.1, 0.15) is 5.56 Å². The van der Waals surface area contributed by atoms with Crippen molar-refractivity contribution in [2.45, 2.75) is 11.8 Å². The van der Waals surface area contributed by atoms with Gasteiger partial charge in [-0.05, 0) is 61.5 Å².